The van der Waals surface area contributed by atoms with E-state index in [1.807, 2.05) is 18.2 Å². The van der Waals surface area contributed by atoms with Gasteiger partial charge in [0.1, 0.15) is 12.4 Å². The van der Waals surface area contributed by atoms with Gasteiger partial charge in [-0.3, -0.25) is 0 Å². The zero-order valence-electron chi connectivity index (χ0n) is 10.3. The molecule has 94 valence electrons. The summed E-state index contributed by atoms with van der Waals surface area (Å²) in [6.45, 7) is 0.482. The van der Waals surface area contributed by atoms with E-state index in [1.54, 1.807) is 6.08 Å². The third kappa shape index (κ3) is 2.42. The molecule has 0 heterocycles. The highest BCUT2D eigenvalue weighted by Gasteiger charge is 2.03. The molecule has 19 heavy (non-hydrogen) atoms. The molecule has 3 rings (SSSR count). The lowest BCUT2D eigenvalue weighted by atomic mass is 10.0. The predicted octanol–water partition coefficient (Wildman–Crippen LogP) is 5.12. The van der Waals surface area contributed by atoms with Crippen LogP contribution in [0.2, 0.25) is 0 Å². The zero-order chi connectivity index (χ0) is 13.1. The summed E-state index contributed by atoms with van der Waals surface area (Å²) in [6, 6.07) is 18.8. The lowest BCUT2D eigenvalue weighted by molar-refractivity contribution is 0.367. The first-order valence-electron chi connectivity index (χ1n) is 6.18. The molecule has 0 N–H and O–H groups in total. The molecule has 0 aliphatic heterocycles. The van der Waals surface area contributed by atoms with E-state index in [9.17, 15) is 0 Å². The van der Waals surface area contributed by atoms with E-state index in [1.165, 1.54) is 21.7 Å². The largest absolute Gasteiger partial charge is 0.489 e. The molecule has 2 heteroatoms. The average molecular weight is 269 g/mol. The van der Waals surface area contributed by atoms with Crippen molar-refractivity contribution in [1.29, 1.82) is 0 Å². The summed E-state index contributed by atoms with van der Waals surface area (Å²) in [5.41, 5.74) is 1.47. The van der Waals surface area contributed by atoms with E-state index in [0.717, 1.165) is 11.1 Å². The van der Waals surface area contributed by atoms with Gasteiger partial charge in [0, 0.05) is 10.9 Å². The van der Waals surface area contributed by atoms with Crippen molar-refractivity contribution in [3.8, 4) is 5.75 Å². The van der Waals surface area contributed by atoms with Gasteiger partial charge in [-0.2, -0.15) is 0 Å². The first-order valence-corrected chi connectivity index (χ1v) is 6.62. The third-order valence-electron chi connectivity index (χ3n) is 3.13. The number of fused-ring (bicyclic) bond motifs is 2. The third-order valence-corrected chi connectivity index (χ3v) is 3.31. The van der Waals surface area contributed by atoms with Crippen molar-refractivity contribution >= 4 is 33.1 Å². The number of halogens is 1. The van der Waals surface area contributed by atoms with Gasteiger partial charge in [-0.15, -0.1) is 0 Å². The lowest BCUT2D eigenvalue weighted by Gasteiger charge is -2.08. The van der Waals surface area contributed by atoms with E-state index < -0.39 is 0 Å². The lowest BCUT2D eigenvalue weighted by Crippen LogP contribution is -1.93. The summed E-state index contributed by atoms with van der Waals surface area (Å²) in [5, 5.41) is 4.78. The van der Waals surface area contributed by atoms with Crippen LogP contribution in [0.25, 0.3) is 21.5 Å². The van der Waals surface area contributed by atoms with Gasteiger partial charge in [0.05, 0.1) is 0 Å². The quantitative estimate of drug-likeness (QED) is 0.599. The van der Waals surface area contributed by atoms with Crippen molar-refractivity contribution in [3.05, 3.63) is 66.2 Å². The predicted molar refractivity (Wildman–Crippen MR) is 81.9 cm³/mol. The van der Waals surface area contributed by atoms with Crippen molar-refractivity contribution in [2.24, 2.45) is 0 Å². The number of ether oxygens (including phenoxy) is 1. The minimum Gasteiger partial charge on any atom is -0.489 e. The van der Waals surface area contributed by atoms with Crippen LogP contribution in [0.4, 0.5) is 0 Å². The molecule has 0 aliphatic carbocycles. The highest BCUT2D eigenvalue weighted by atomic mass is 35.5. The second kappa shape index (κ2) is 5.33. The van der Waals surface area contributed by atoms with Gasteiger partial charge in [-0.1, -0.05) is 48.0 Å². The van der Waals surface area contributed by atoms with Gasteiger partial charge in [0.2, 0.25) is 0 Å². The molecule has 0 fully saturated rings. The molecule has 0 saturated carbocycles. The van der Waals surface area contributed by atoms with Crippen LogP contribution in [0.5, 0.6) is 5.75 Å². The van der Waals surface area contributed by atoms with Crippen LogP contribution >= 0.6 is 11.6 Å². The Labute approximate surface area is 117 Å². The Kier molecular flexibility index (Phi) is 3.39. The molecule has 0 saturated heterocycles. The van der Waals surface area contributed by atoms with E-state index in [0.29, 0.717) is 6.61 Å². The normalized spacial score (nSPS) is 11.4. The van der Waals surface area contributed by atoms with Crippen LogP contribution < -0.4 is 4.74 Å². The number of rotatable bonds is 3. The SMILES string of the molecule is Cl/C=C/COc1cccc2cc3ccccc3cc12. The van der Waals surface area contributed by atoms with E-state index in [2.05, 4.69) is 36.4 Å². The molecule has 1 nitrogen and oxygen atoms in total. The van der Waals surface area contributed by atoms with Crippen molar-refractivity contribution in [3.63, 3.8) is 0 Å². The van der Waals surface area contributed by atoms with Gasteiger partial charge in [-0.25, -0.2) is 0 Å². The Morgan fingerprint density at radius 2 is 1.63 bits per heavy atom. The molecule has 0 amide bonds. The maximum atomic E-state index is 5.74. The van der Waals surface area contributed by atoms with E-state index >= 15 is 0 Å². The van der Waals surface area contributed by atoms with Crippen LogP contribution in [0, 0.1) is 0 Å². The molecule has 0 bridgehead atoms. The summed E-state index contributed by atoms with van der Waals surface area (Å²) >= 11 is 5.50. The summed E-state index contributed by atoms with van der Waals surface area (Å²) < 4.78 is 5.74. The van der Waals surface area contributed by atoms with Crippen LogP contribution in [-0.2, 0) is 0 Å². The Bertz CT molecular complexity index is 746. The van der Waals surface area contributed by atoms with E-state index in [-0.39, 0.29) is 0 Å². The van der Waals surface area contributed by atoms with Gasteiger partial charge < -0.3 is 4.74 Å². The Balaban J connectivity index is 2.14. The Morgan fingerprint density at radius 1 is 0.895 bits per heavy atom. The molecule has 0 aliphatic rings. The fourth-order valence-electron chi connectivity index (χ4n) is 2.24. The van der Waals surface area contributed by atoms with Gasteiger partial charge in [-0.05, 0) is 40.4 Å². The van der Waals surface area contributed by atoms with Crippen LogP contribution in [0.1, 0.15) is 0 Å². The van der Waals surface area contributed by atoms with Gasteiger partial charge in [0.25, 0.3) is 0 Å². The molecule has 0 unspecified atom stereocenters. The number of hydrogen-bond donors (Lipinski definition) is 0. The highest BCUT2D eigenvalue weighted by molar-refractivity contribution is 6.25. The van der Waals surface area contributed by atoms with Crippen LogP contribution in [0.15, 0.2) is 66.2 Å². The fraction of sp³-hybridized carbons (Fsp3) is 0.0588. The first kappa shape index (κ1) is 12.1. The average Bonchev–Trinajstić information content (AvgIpc) is 2.46. The molecule has 0 atom stereocenters. The van der Waals surface area contributed by atoms with Crippen molar-refractivity contribution in [2.75, 3.05) is 6.61 Å². The Hall–Kier alpha value is -1.99. The highest BCUT2D eigenvalue weighted by Crippen LogP contribution is 2.29. The fourth-order valence-corrected chi connectivity index (χ4v) is 2.31. The maximum absolute atomic E-state index is 5.74. The number of benzene rings is 3. The van der Waals surface area contributed by atoms with Gasteiger partial charge in [0.15, 0.2) is 0 Å². The van der Waals surface area contributed by atoms with Gasteiger partial charge >= 0.3 is 0 Å². The number of hydrogen-bond acceptors (Lipinski definition) is 1. The summed E-state index contributed by atoms with van der Waals surface area (Å²) in [7, 11) is 0. The minimum atomic E-state index is 0.482. The smallest absolute Gasteiger partial charge is 0.127 e. The molecular weight excluding hydrogens is 256 g/mol. The van der Waals surface area contributed by atoms with Crippen molar-refractivity contribution in [1.82, 2.24) is 0 Å². The molecular formula is C17H13ClO. The monoisotopic (exact) mass is 268 g/mol. The van der Waals surface area contributed by atoms with Crippen LogP contribution in [0.3, 0.4) is 0 Å². The molecule has 0 radical (unpaired) electrons. The summed E-state index contributed by atoms with van der Waals surface area (Å²) in [4.78, 5) is 0. The first-order chi connectivity index (χ1) is 9.38. The minimum absolute atomic E-state index is 0.482. The molecule has 0 aromatic heterocycles. The summed E-state index contributed by atoms with van der Waals surface area (Å²) in [6.07, 6.45) is 1.78. The van der Waals surface area contributed by atoms with Crippen molar-refractivity contribution in [2.45, 2.75) is 0 Å². The second-order valence-electron chi connectivity index (χ2n) is 4.35. The topological polar surface area (TPSA) is 9.23 Å². The molecule has 0 spiro atoms. The second-order valence-corrected chi connectivity index (χ2v) is 4.60. The zero-order valence-corrected chi connectivity index (χ0v) is 11.1. The Morgan fingerprint density at radius 3 is 2.42 bits per heavy atom. The standard InChI is InChI=1S/C17H13ClO/c18-9-4-10-19-17-8-3-7-15-11-13-5-1-2-6-14(13)12-16(15)17/h1-9,11-12H,10H2/b9-4+. The maximum Gasteiger partial charge on any atom is 0.127 e. The summed E-state index contributed by atoms with van der Waals surface area (Å²) in [5.74, 6) is 0.887. The van der Waals surface area contributed by atoms with Crippen molar-refractivity contribution < 1.29 is 4.74 Å². The molecule has 3 aromatic rings. The van der Waals surface area contributed by atoms with E-state index in [4.69, 9.17) is 16.3 Å². The molecule has 3 aromatic carbocycles. The van der Waals surface area contributed by atoms with Crippen LogP contribution in [-0.4, -0.2) is 6.61 Å².